The number of carbonyl (C=O) groups excluding carboxylic acids is 3. The van der Waals surface area contributed by atoms with E-state index in [9.17, 15) is 14.4 Å². The summed E-state index contributed by atoms with van der Waals surface area (Å²) in [6.07, 6.45) is 11.2. The summed E-state index contributed by atoms with van der Waals surface area (Å²) in [4.78, 5) is 38.1. The largest absolute Gasteiger partial charge is 0.462 e. The molecular weight excluding hydrogens is 556 g/mol. The van der Waals surface area contributed by atoms with Crippen molar-refractivity contribution in [3.8, 4) is 0 Å². The van der Waals surface area contributed by atoms with Crippen molar-refractivity contribution in [1.29, 1.82) is 0 Å². The van der Waals surface area contributed by atoms with Crippen LogP contribution in [0.5, 0.6) is 0 Å². The Kier molecular flexibility index (Phi) is 8.26. The molecule has 0 amide bonds. The molecule has 0 aromatic carbocycles. The van der Waals surface area contributed by atoms with Gasteiger partial charge in [-0.15, -0.1) is 0 Å². The first-order chi connectivity index (χ1) is 19.7. The number of hydrogen-bond donors (Lipinski definition) is 0. The molecule has 0 saturated heterocycles. The van der Waals surface area contributed by atoms with E-state index in [1.54, 1.807) is 6.92 Å². The zero-order chi connectivity index (χ0) is 32.0. The Hall–Kier alpha value is -1.16. The molecule has 242 valence electrons. The fourth-order valence-corrected chi connectivity index (χ4v) is 13.3. The van der Waals surface area contributed by atoms with Gasteiger partial charge in [-0.3, -0.25) is 9.59 Å². The average Bonchev–Trinajstić information content (AvgIpc) is 3.26. The maximum Gasteiger partial charge on any atom is 0.306 e. The van der Waals surface area contributed by atoms with Gasteiger partial charge in [0.2, 0.25) is 5.24 Å². The molecule has 0 spiro atoms. The molecule has 5 saturated carbocycles. The van der Waals surface area contributed by atoms with E-state index < -0.39 is 0 Å². The minimum Gasteiger partial charge on any atom is -0.462 e. The molecule has 0 aromatic heterocycles. The lowest BCUT2D eigenvalue weighted by atomic mass is 9.32. The van der Waals surface area contributed by atoms with Gasteiger partial charge in [0.1, 0.15) is 11.9 Å². The molecule has 0 heterocycles. The van der Waals surface area contributed by atoms with Crippen molar-refractivity contribution in [2.24, 2.45) is 62.1 Å². The maximum atomic E-state index is 13.2. The SMILES string of the molecule is C=C(C)[C@@H]1CC[C@]2(C(=O)Cl)CC[C@]3(C)[C@H](CC[C@@H]4[C@@]5(C)CC[C@H](OC(=O)CC(C)(C)CC(C)=O)C(C)(C)[C@@H]5CC[C@]43C)[C@@H]12. The van der Waals surface area contributed by atoms with Crippen LogP contribution in [-0.4, -0.2) is 23.1 Å². The third-order valence-electron chi connectivity index (χ3n) is 15.0. The number of esters is 1. The number of Topliss-reactive ketones (excluding diaryl/α,β-unsaturated/α-hetero) is 1. The number of allylic oxidation sites excluding steroid dienone is 1. The third-order valence-corrected chi connectivity index (χ3v) is 15.4. The second-order valence-corrected chi connectivity index (χ2v) is 18.5. The van der Waals surface area contributed by atoms with Crippen molar-refractivity contribution in [3.63, 3.8) is 0 Å². The van der Waals surface area contributed by atoms with E-state index in [1.807, 2.05) is 13.8 Å². The van der Waals surface area contributed by atoms with Crippen molar-refractivity contribution in [1.82, 2.24) is 0 Å². The molecule has 0 aliphatic heterocycles. The zero-order valence-corrected chi connectivity index (χ0v) is 29.4. The first-order valence-corrected chi connectivity index (χ1v) is 17.7. The topological polar surface area (TPSA) is 60.4 Å². The fourth-order valence-electron chi connectivity index (χ4n) is 13.0. The van der Waals surface area contributed by atoms with E-state index >= 15 is 0 Å². The molecule has 0 bridgehead atoms. The molecule has 5 fully saturated rings. The number of carbonyl (C=O) groups is 3. The van der Waals surface area contributed by atoms with E-state index in [-0.39, 0.29) is 62.0 Å². The van der Waals surface area contributed by atoms with E-state index in [1.165, 1.54) is 24.8 Å². The summed E-state index contributed by atoms with van der Waals surface area (Å²) in [5.41, 5.74) is 0.904. The monoisotopic (exact) mass is 614 g/mol. The van der Waals surface area contributed by atoms with Gasteiger partial charge < -0.3 is 9.53 Å². The molecule has 0 aromatic rings. The lowest BCUT2D eigenvalue weighted by molar-refractivity contribution is -0.248. The predicted octanol–water partition coefficient (Wildman–Crippen LogP) is 9.72. The minimum absolute atomic E-state index is 0.0921. The number of hydrogen-bond acceptors (Lipinski definition) is 4. The van der Waals surface area contributed by atoms with E-state index in [0.29, 0.717) is 36.0 Å². The molecule has 0 N–H and O–H groups in total. The van der Waals surface area contributed by atoms with E-state index in [2.05, 4.69) is 48.1 Å². The van der Waals surface area contributed by atoms with Gasteiger partial charge in [-0.2, -0.15) is 0 Å². The summed E-state index contributed by atoms with van der Waals surface area (Å²) in [6, 6.07) is 0. The lowest BCUT2D eigenvalue weighted by Gasteiger charge is -2.72. The van der Waals surface area contributed by atoms with Gasteiger partial charge in [0.25, 0.3) is 0 Å². The highest BCUT2D eigenvalue weighted by Crippen LogP contribution is 2.77. The Morgan fingerprint density at radius 2 is 1.49 bits per heavy atom. The molecular formula is C38H59ClO4. The molecule has 5 aliphatic carbocycles. The fraction of sp³-hybridized carbons (Fsp3) is 0.868. The van der Waals surface area contributed by atoms with E-state index in [0.717, 1.165) is 44.9 Å². The van der Waals surface area contributed by atoms with Crippen LogP contribution in [0.2, 0.25) is 0 Å². The summed E-state index contributed by atoms with van der Waals surface area (Å²) in [5, 5.41) is -0.0921. The molecule has 0 radical (unpaired) electrons. The number of ether oxygens (including phenoxy) is 1. The lowest BCUT2D eigenvalue weighted by Crippen LogP contribution is -2.67. The Morgan fingerprint density at radius 1 is 0.814 bits per heavy atom. The number of rotatable bonds is 7. The summed E-state index contributed by atoms with van der Waals surface area (Å²) < 4.78 is 6.30. The maximum absolute atomic E-state index is 13.2. The third kappa shape index (κ3) is 4.93. The molecule has 5 rings (SSSR count). The molecule has 43 heavy (non-hydrogen) atoms. The smallest absolute Gasteiger partial charge is 0.306 e. The Labute approximate surface area is 266 Å². The summed E-state index contributed by atoms with van der Waals surface area (Å²) in [6.45, 7) is 24.6. The Balaban J connectivity index is 1.40. The van der Waals surface area contributed by atoms with Gasteiger partial charge in [0.05, 0.1) is 6.42 Å². The van der Waals surface area contributed by atoms with Crippen LogP contribution in [0.3, 0.4) is 0 Å². The molecule has 5 heteroatoms. The average molecular weight is 615 g/mol. The highest BCUT2D eigenvalue weighted by Gasteiger charge is 2.72. The van der Waals surface area contributed by atoms with Crippen LogP contribution in [0.25, 0.3) is 0 Å². The van der Waals surface area contributed by atoms with Crippen molar-refractivity contribution in [2.75, 3.05) is 0 Å². The second-order valence-electron chi connectivity index (χ2n) is 18.2. The van der Waals surface area contributed by atoms with Crippen LogP contribution in [-0.2, 0) is 19.1 Å². The summed E-state index contributed by atoms with van der Waals surface area (Å²) in [7, 11) is 0. The van der Waals surface area contributed by atoms with Crippen LogP contribution in [0.15, 0.2) is 12.2 Å². The number of ketones is 1. The van der Waals surface area contributed by atoms with Gasteiger partial charge in [-0.25, -0.2) is 0 Å². The quantitative estimate of drug-likeness (QED) is 0.163. The van der Waals surface area contributed by atoms with Crippen LogP contribution in [0, 0.1) is 62.1 Å². The zero-order valence-electron chi connectivity index (χ0n) is 28.7. The van der Waals surface area contributed by atoms with Crippen LogP contribution in [0.1, 0.15) is 139 Å². The highest BCUT2D eigenvalue weighted by molar-refractivity contribution is 6.64. The first-order valence-electron chi connectivity index (χ1n) is 17.3. The number of fused-ring (bicyclic) bond motifs is 7. The summed E-state index contributed by atoms with van der Waals surface area (Å²) in [5.74, 6) is 2.25. The van der Waals surface area contributed by atoms with Crippen molar-refractivity contribution >= 4 is 28.6 Å². The van der Waals surface area contributed by atoms with Gasteiger partial charge in [-0.05, 0) is 141 Å². The van der Waals surface area contributed by atoms with Crippen molar-refractivity contribution < 1.29 is 19.1 Å². The van der Waals surface area contributed by atoms with Crippen molar-refractivity contribution in [2.45, 2.75) is 145 Å². The van der Waals surface area contributed by atoms with Crippen LogP contribution < -0.4 is 0 Å². The molecule has 4 nitrogen and oxygen atoms in total. The molecule has 5 aliphatic rings. The molecule has 0 unspecified atom stereocenters. The van der Waals surface area contributed by atoms with Gasteiger partial charge in [0, 0.05) is 17.3 Å². The van der Waals surface area contributed by atoms with Crippen molar-refractivity contribution in [3.05, 3.63) is 12.2 Å². The predicted molar refractivity (Wildman–Crippen MR) is 173 cm³/mol. The second kappa shape index (κ2) is 10.7. The Morgan fingerprint density at radius 3 is 2.09 bits per heavy atom. The van der Waals surface area contributed by atoms with Gasteiger partial charge in [0.15, 0.2) is 0 Å². The van der Waals surface area contributed by atoms with E-state index in [4.69, 9.17) is 16.3 Å². The first kappa shape index (κ1) is 33.2. The standard InChI is InChI=1S/C38H59ClO4/c1-23(2)25-13-18-38(32(39)42)20-19-36(9)26(31(25)38)11-12-28-35(8)16-15-29(34(6,7)27(35)14-17-37(28,36)10)43-30(41)22-33(4,5)21-24(3)40/h25-29,31H,1,11-22H2,2-10H3/t25-,26+,27-,28+,29-,31+,35-,36+,37+,38-/m0/s1. The Bertz CT molecular complexity index is 1190. The van der Waals surface area contributed by atoms with Gasteiger partial charge in [-0.1, -0.05) is 60.6 Å². The van der Waals surface area contributed by atoms with Gasteiger partial charge >= 0.3 is 5.97 Å². The minimum atomic E-state index is -0.384. The number of halogens is 1. The molecule has 10 atom stereocenters. The summed E-state index contributed by atoms with van der Waals surface area (Å²) >= 11 is 6.50. The van der Waals surface area contributed by atoms with Crippen LogP contribution in [0.4, 0.5) is 0 Å². The highest BCUT2D eigenvalue weighted by atomic mass is 35.5. The normalized spacial score (nSPS) is 45.2. The van der Waals surface area contributed by atoms with Crippen LogP contribution >= 0.6 is 11.6 Å².